The molecule has 1 unspecified atom stereocenters. The summed E-state index contributed by atoms with van der Waals surface area (Å²) in [4.78, 5) is 21.5. The fourth-order valence-corrected chi connectivity index (χ4v) is 1.32. The van der Waals surface area contributed by atoms with Crippen LogP contribution in [0.3, 0.4) is 0 Å². The molecule has 8 heteroatoms. The quantitative estimate of drug-likeness (QED) is 0.541. The van der Waals surface area contributed by atoms with Crippen LogP contribution < -0.4 is 0 Å². The van der Waals surface area contributed by atoms with E-state index in [9.17, 15) is 27.2 Å². The third kappa shape index (κ3) is 2.67. The molecule has 100 valence electrons. The minimum atomic E-state index is -4.68. The zero-order valence-electron chi connectivity index (χ0n) is 8.92. The summed E-state index contributed by atoms with van der Waals surface area (Å²) < 4.78 is 51.5. The number of carboxylic acid groups (broad SMARTS) is 2. The van der Waals surface area contributed by atoms with Crippen LogP contribution in [-0.2, 0) is 9.59 Å². The normalized spacial score (nSPS) is 14.4. The van der Waals surface area contributed by atoms with Gasteiger partial charge in [-0.2, -0.15) is 0 Å². The Morgan fingerprint density at radius 3 is 1.88 bits per heavy atom. The Morgan fingerprint density at radius 2 is 1.65 bits per heavy atom. The largest absolute Gasteiger partial charge is 0.480 e. The molecule has 0 rings (SSSR count). The highest BCUT2D eigenvalue weighted by Gasteiger charge is 2.66. The molecule has 2 N–H and O–H groups in total. The molecule has 0 aliphatic carbocycles. The van der Waals surface area contributed by atoms with E-state index >= 15 is 0 Å². The van der Waals surface area contributed by atoms with Gasteiger partial charge < -0.3 is 10.2 Å². The molecule has 1 atom stereocenters. The van der Waals surface area contributed by atoms with Crippen LogP contribution in [0.1, 0.15) is 19.8 Å². The van der Waals surface area contributed by atoms with Gasteiger partial charge in [0.05, 0.1) is 0 Å². The molecule has 0 aromatic heterocycles. The molecular formula is C9H12F4O4. The molecule has 0 amide bonds. The number of hydrogen-bond donors (Lipinski definition) is 2. The summed E-state index contributed by atoms with van der Waals surface area (Å²) in [6.45, 7) is -1.26. The molecule has 0 saturated carbocycles. The van der Waals surface area contributed by atoms with Crippen molar-refractivity contribution < 1.29 is 37.4 Å². The van der Waals surface area contributed by atoms with E-state index in [2.05, 4.69) is 0 Å². The van der Waals surface area contributed by atoms with Gasteiger partial charge in [-0.05, 0) is 6.42 Å². The first kappa shape index (κ1) is 15.7. The number of rotatable bonds is 7. The Hall–Kier alpha value is -1.34. The van der Waals surface area contributed by atoms with Gasteiger partial charge in [0.1, 0.15) is 6.17 Å². The van der Waals surface area contributed by atoms with E-state index in [4.69, 9.17) is 10.2 Å². The van der Waals surface area contributed by atoms with Crippen molar-refractivity contribution in [1.82, 2.24) is 0 Å². The van der Waals surface area contributed by atoms with Crippen molar-refractivity contribution in [3.8, 4) is 0 Å². The van der Waals surface area contributed by atoms with Crippen molar-refractivity contribution in [2.24, 2.45) is 5.41 Å². The van der Waals surface area contributed by atoms with E-state index in [-0.39, 0.29) is 6.42 Å². The molecule has 0 aliphatic rings. The van der Waals surface area contributed by atoms with Crippen molar-refractivity contribution in [2.75, 3.05) is 6.67 Å². The number of halogens is 4. The fourth-order valence-electron chi connectivity index (χ4n) is 1.32. The molecule has 0 bridgehead atoms. The molecule has 0 aromatic rings. The molecular weight excluding hydrogens is 248 g/mol. The zero-order valence-corrected chi connectivity index (χ0v) is 8.92. The minimum Gasteiger partial charge on any atom is -0.480 e. The number of alkyl halides is 4. The van der Waals surface area contributed by atoms with Gasteiger partial charge in [-0.25, -0.2) is 17.6 Å². The summed E-state index contributed by atoms with van der Waals surface area (Å²) in [5.74, 6) is -9.59. The zero-order chi connectivity index (χ0) is 13.9. The van der Waals surface area contributed by atoms with Crippen molar-refractivity contribution >= 4 is 11.9 Å². The van der Waals surface area contributed by atoms with Gasteiger partial charge in [-0.3, -0.25) is 9.59 Å². The number of carbonyl (C=O) groups is 2. The van der Waals surface area contributed by atoms with Crippen molar-refractivity contribution in [1.29, 1.82) is 0 Å². The lowest BCUT2D eigenvalue weighted by atomic mass is 9.76. The van der Waals surface area contributed by atoms with E-state index in [1.54, 1.807) is 0 Å². The van der Waals surface area contributed by atoms with Crippen molar-refractivity contribution in [2.45, 2.75) is 31.9 Å². The lowest BCUT2D eigenvalue weighted by Gasteiger charge is -2.32. The summed E-state index contributed by atoms with van der Waals surface area (Å²) in [6.07, 6.45) is -3.89. The van der Waals surface area contributed by atoms with Crippen LogP contribution in [0.15, 0.2) is 0 Å². The number of aliphatic carboxylic acids is 2. The van der Waals surface area contributed by atoms with Gasteiger partial charge in [0.2, 0.25) is 5.41 Å². The van der Waals surface area contributed by atoms with Gasteiger partial charge >= 0.3 is 17.9 Å². The lowest BCUT2D eigenvalue weighted by Crippen LogP contribution is -2.55. The minimum absolute atomic E-state index is 0.343. The molecule has 0 spiro atoms. The molecule has 0 aliphatic heterocycles. The maximum atomic E-state index is 13.2. The highest BCUT2D eigenvalue weighted by atomic mass is 19.3. The second-order valence-corrected chi connectivity index (χ2v) is 3.56. The highest BCUT2D eigenvalue weighted by molar-refractivity contribution is 5.99. The van der Waals surface area contributed by atoms with E-state index in [1.165, 1.54) is 6.92 Å². The highest BCUT2D eigenvalue weighted by Crippen LogP contribution is 2.43. The summed E-state index contributed by atoms with van der Waals surface area (Å²) in [5, 5.41) is 17.2. The topological polar surface area (TPSA) is 74.6 Å². The summed E-state index contributed by atoms with van der Waals surface area (Å²) >= 11 is 0. The van der Waals surface area contributed by atoms with E-state index in [0.717, 1.165) is 0 Å². The first-order chi connectivity index (χ1) is 7.65. The Labute approximate surface area is 94.2 Å². The van der Waals surface area contributed by atoms with Crippen LogP contribution in [-0.4, -0.2) is 40.9 Å². The number of hydrogen-bond acceptors (Lipinski definition) is 2. The molecule has 0 radical (unpaired) electrons. The van der Waals surface area contributed by atoms with Crippen molar-refractivity contribution in [3.05, 3.63) is 0 Å². The Kier molecular flexibility index (Phi) is 4.91. The lowest BCUT2D eigenvalue weighted by molar-refractivity contribution is -0.202. The van der Waals surface area contributed by atoms with Crippen molar-refractivity contribution in [3.63, 3.8) is 0 Å². The summed E-state index contributed by atoms with van der Waals surface area (Å²) in [7, 11) is 0. The first-order valence-corrected chi connectivity index (χ1v) is 4.70. The van der Waals surface area contributed by atoms with Crippen LogP contribution >= 0.6 is 0 Å². The monoisotopic (exact) mass is 260 g/mol. The Bertz CT molecular complexity index is 291. The standard InChI is InChI=1S/C9H12F4O4/c1-2-5(11)3-8(6(14)15,7(16)17)9(12,13)4-10/h5H,2-4H2,1H3,(H,14,15)(H,16,17). The maximum Gasteiger partial charge on any atom is 0.327 e. The molecule has 0 aromatic carbocycles. The molecule has 0 fully saturated rings. The first-order valence-electron chi connectivity index (χ1n) is 4.70. The van der Waals surface area contributed by atoms with Crippen LogP contribution in [0.4, 0.5) is 17.6 Å². The summed E-state index contributed by atoms with van der Waals surface area (Å²) in [6, 6.07) is 0. The Balaban J connectivity index is 5.61. The molecule has 17 heavy (non-hydrogen) atoms. The van der Waals surface area contributed by atoms with E-state index in [0.29, 0.717) is 0 Å². The molecule has 4 nitrogen and oxygen atoms in total. The fraction of sp³-hybridized carbons (Fsp3) is 0.778. The second kappa shape index (κ2) is 5.33. The third-order valence-corrected chi connectivity index (χ3v) is 2.49. The predicted molar refractivity (Wildman–Crippen MR) is 48.4 cm³/mol. The van der Waals surface area contributed by atoms with Crippen LogP contribution in [0.5, 0.6) is 0 Å². The SMILES string of the molecule is CCC(F)CC(C(=O)O)(C(=O)O)C(F)(F)CF. The third-order valence-electron chi connectivity index (χ3n) is 2.49. The van der Waals surface area contributed by atoms with E-state index in [1.807, 2.05) is 0 Å². The molecule has 0 heterocycles. The molecule has 0 saturated heterocycles. The van der Waals surface area contributed by atoms with Crippen LogP contribution in [0.2, 0.25) is 0 Å². The van der Waals surface area contributed by atoms with E-state index < -0.39 is 42.5 Å². The van der Waals surface area contributed by atoms with Gasteiger partial charge in [0, 0.05) is 6.42 Å². The number of carboxylic acids is 2. The Morgan fingerprint density at radius 1 is 1.24 bits per heavy atom. The van der Waals surface area contributed by atoms with Crippen LogP contribution in [0.25, 0.3) is 0 Å². The average Bonchev–Trinajstić information content (AvgIpc) is 2.23. The summed E-state index contributed by atoms with van der Waals surface area (Å²) in [5.41, 5.74) is -3.78. The van der Waals surface area contributed by atoms with Gasteiger partial charge in [0.15, 0.2) is 6.67 Å². The predicted octanol–water partition coefficient (Wildman–Crippen LogP) is 1.89. The average molecular weight is 260 g/mol. The smallest absolute Gasteiger partial charge is 0.327 e. The van der Waals surface area contributed by atoms with Gasteiger partial charge in [-0.1, -0.05) is 6.92 Å². The maximum absolute atomic E-state index is 13.2. The van der Waals surface area contributed by atoms with Gasteiger partial charge in [0.25, 0.3) is 0 Å². The van der Waals surface area contributed by atoms with Crippen LogP contribution in [0, 0.1) is 5.41 Å². The second-order valence-electron chi connectivity index (χ2n) is 3.56. The van der Waals surface area contributed by atoms with Gasteiger partial charge in [-0.15, -0.1) is 0 Å².